The molecule has 0 heterocycles. The Morgan fingerprint density at radius 3 is 1.12 bits per heavy atom. The third kappa shape index (κ3) is 7.06. The largest absolute Gasteiger partial charge is 0.314 e. The molecule has 0 amide bonds. The second kappa shape index (κ2) is 17.7. The van der Waals surface area contributed by atoms with E-state index in [1.54, 1.807) is 0 Å². The Balaban J connectivity index is 0.853. The molecule has 10 aromatic carbocycles. The van der Waals surface area contributed by atoms with Gasteiger partial charge in [0.2, 0.25) is 0 Å². The molecule has 0 bridgehead atoms. The molecular weight excluding hydrogens is 989 g/mol. The summed E-state index contributed by atoms with van der Waals surface area (Å²) in [5.74, 6) is 0.556. The average molecular weight is 1060 g/mol. The third-order valence-electron chi connectivity index (χ3n) is 20.4. The standard InChI is InChI=1S/C80H74N2/c1-47(2)75-59-37-33-52(82(50-25-17-14-18-26-50)54-32-36-58-64-46-72-62(44-74(64)80(11,12)70(58)42-54)56-28-20-22-30-68(56)78(72,7)8)40-66(59)76(48(3)4)60-38-34-51(39-65(60)75)81(49-23-15-13-16-24-49)53-31-35-57-63-45-71-61(43-73(63)79(9,10)69(57)41-53)55-27-19-21-29-67(55)77(71,5)6/h13-17,19-25,27-48H,18,26H2,1-12H3. The van der Waals surface area contributed by atoms with E-state index in [-0.39, 0.29) is 33.5 Å². The van der Waals surface area contributed by atoms with Crippen molar-refractivity contribution in [1.29, 1.82) is 0 Å². The zero-order valence-electron chi connectivity index (χ0n) is 49.9. The van der Waals surface area contributed by atoms with Crippen LogP contribution in [-0.2, 0) is 21.7 Å². The molecule has 0 unspecified atom stereocenters. The smallest absolute Gasteiger partial charge is 0.0468 e. The maximum Gasteiger partial charge on any atom is 0.0468 e. The predicted octanol–water partition coefficient (Wildman–Crippen LogP) is 22.3. The molecule has 10 aromatic rings. The van der Waals surface area contributed by atoms with Crippen molar-refractivity contribution in [3.05, 3.63) is 255 Å². The van der Waals surface area contributed by atoms with Crippen molar-refractivity contribution in [1.82, 2.24) is 0 Å². The summed E-state index contributed by atoms with van der Waals surface area (Å²) in [6.07, 6.45) is 8.92. The fraction of sp³-hybridized carbons (Fsp3) is 0.250. The Hall–Kier alpha value is -8.20. The lowest BCUT2D eigenvalue weighted by Crippen LogP contribution is -2.20. The van der Waals surface area contributed by atoms with Gasteiger partial charge in [-0.2, -0.15) is 0 Å². The summed E-state index contributed by atoms with van der Waals surface area (Å²) >= 11 is 0. The zero-order chi connectivity index (χ0) is 56.5. The van der Waals surface area contributed by atoms with Gasteiger partial charge in [-0.05, 0) is 237 Å². The second-order valence-electron chi connectivity index (χ2n) is 27.2. The van der Waals surface area contributed by atoms with Crippen molar-refractivity contribution >= 4 is 50.0 Å². The number of para-hydroxylation sites is 1. The molecule has 2 heteroatoms. The van der Waals surface area contributed by atoms with Gasteiger partial charge in [0.25, 0.3) is 0 Å². The van der Waals surface area contributed by atoms with E-state index < -0.39 is 0 Å². The van der Waals surface area contributed by atoms with Crippen LogP contribution in [0.5, 0.6) is 0 Å². The van der Waals surface area contributed by atoms with Crippen LogP contribution in [-0.4, -0.2) is 0 Å². The van der Waals surface area contributed by atoms with E-state index in [2.05, 4.69) is 287 Å². The molecule has 0 fully saturated rings. The minimum Gasteiger partial charge on any atom is -0.314 e. The Bertz CT molecular complexity index is 4450. The number of allylic oxidation sites excluding steroid dienone is 4. The predicted molar refractivity (Wildman–Crippen MR) is 350 cm³/mol. The molecule has 5 aliphatic rings. The number of rotatable bonds is 8. The van der Waals surface area contributed by atoms with Crippen LogP contribution in [0.3, 0.4) is 0 Å². The fourth-order valence-corrected chi connectivity index (χ4v) is 16.2. The minimum atomic E-state index is -0.188. The summed E-state index contributed by atoms with van der Waals surface area (Å²) in [7, 11) is 0. The topological polar surface area (TPSA) is 6.48 Å². The average Bonchev–Trinajstić information content (AvgIpc) is 1.75. The molecule has 0 N–H and O–H groups in total. The van der Waals surface area contributed by atoms with E-state index in [1.165, 1.54) is 150 Å². The van der Waals surface area contributed by atoms with Crippen molar-refractivity contribution in [2.45, 2.75) is 129 Å². The van der Waals surface area contributed by atoms with Crippen LogP contribution >= 0.6 is 0 Å². The first-order valence-corrected chi connectivity index (χ1v) is 30.3. The summed E-state index contributed by atoms with van der Waals surface area (Å²) in [5.41, 5.74) is 31.9. The van der Waals surface area contributed by atoms with E-state index in [0.717, 1.165) is 18.5 Å². The summed E-state index contributed by atoms with van der Waals surface area (Å²) in [6, 6.07) is 68.6. The van der Waals surface area contributed by atoms with E-state index in [0.29, 0.717) is 0 Å². The van der Waals surface area contributed by atoms with Gasteiger partial charge in [-0.3, -0.25) is 0 Å². The van der Waals surface area contributed by atoms with Crippen molar-refractivity contribution in [3.8, 4) is 44.5 Å². The molecule has 82 heavy (non-hydrogen) atoms. The van der Waals surface area contributed by atoms with E-state index >= 15 is 0 Å². The van der Waals surface area contributed by atoms with Crippen molar-refractivity contribution in [2.24, 2.45) is 0 Å². The summed E-state index contributed by atoms with van der Waals surface area (Å²) in [4.78, 5) is 5.08. The molecule has 0 atom stereocenters. The first-order chi connectivity index (χ1) is 39.3. The highest BCUT2D eigenvalue weighted by atomic mass is 15.2. The zero-order valence-corrected chi connectivity index (χ0v) is 49.9. The Morgan fingerprint density at radius 1 is 0.317 bits per heavy atom. The van der Waals surface area contributed by atoms with Gasteiger partial charge in [0.15, 0.2) is 0 Å². The van der Waals surface area contributed by atoms with Gasteiger partial charge in [-0.25, -0.2) is 0 Å². The van der Waals surface area contributed by atoms with Crippen LogP contribution in [0.4, 0.5) is 28.4 Å². The van der Waals surface area contributed by atoms with Gasteiger partial charge in [-0.15, -0.1) is 0 Å². The Kier molecular flexibility index (Phi) is 10.9. The van der Waals surface area contributed by atoms with Crippen molar-refractivity contribution in [3.63, 3.8) is 0 Å². The molecule has 0 aromatic heterocycles. The maximum atomic E-state index is 2.58. The fourth-order valence-electron chi connectivity index (χ4n) is 16.2. The minimum absolute atomic E-state index is 0.0515. The number of anilines is 5. The highest BCUT2D eigenvalue weighted by Gasteiger charge is 2.44. The van der Waals surface area contributed by atoms with Gasteiger partial charge < -0.3 is 9.80 Å². The molecule has 404 valence electrons. The first kappa shape index (κ1) is 50.7. The van der Waals surface area contributed by atoms with Gasteiger partial charge >= 0.3 is 0 Å². The second-order valence-corrected chi connectivity index (χ2v) is 27.2. The molecule has 0 saturated heterocycles. The number of benzene rings is 10. The van der Waals surface area contributed by atoms with Crippen LogP contribution < -0.4 is 9.80 Å². The van der Waals surface area contributed by atoms with Crippen LogP contribution in [0.25, 0.3) is 66.1 Å². The molecule has 15 rings (SSSR count). The molecule has 0 saturated carbocycles. The number of nitrogens with zero attached hydrogens (tertiary/aromatic N) is 2. The van der Waals surface area contributed by atoms with E-state index in [9.17, 15) is 0 Å². The van der Waals surface area contributed by atoms with E-state index in [1.807, 2.05) is 0 Å². The van der Waals surface area contributed by atoms with Gasteiger partial charge in [0, 0.05) is 55.8 Å². The number of hydrogen-bond donors (Lipinski definition) is 0. The van der Waals surface area contributed by atoms with Crippen molar-refractivity contribution < 1.29 is 0 Å². The SMILES string of the molecule is CC(C)c1c2ccc(N(c3ccccc3)c3ccc4c(c3)C(C)(C)c3cc5c(cc3-4)C(C)(C)c3ccccc3-5)cc2c(C(C)C)c2ccc(N(C3=CC=CCC3)c3ccc4c(c3)C(C)(C)c3cc5c(cc3-4)C(C)(C)c3ccccc3-5)cc12. The number of fused-ring (bicyclic) bond motifs is 14. The lowest BCUT2D eigenvalue weighted by Gasteiger charge is -2.32. The first-order valence-electron chi connectivity index (χ1n) is 30.3. The van der Waals surface area contributed by atoms with Crippen LogP contribution in [0.2, 0.25) is 0 Å². The van der Waals surface area contributed by atoms with Gasteiger partial charge in [0.05, 0.1) is 0 Å². The molecule has 2 nitrogen and oxygen atoms in total. The Morgan fingerprint density at radius 2 is 0.683 bits per heavy atom. The van der Waals surface area contributed by atoms with Gasteiger partial charge in [-0.1, -0.05) is 186 Å². The lowest BCUT2D eigenvalue weighted by atomic mass is 9.79. The number of hydrogen-bond acceptors (Lipinski definition) is 2. The van der Waals surface area contributed by atoms with Gasteiger partial charge in [0.1, 0.15) is 0 Å². The third-order valence-corrected chi connectivity index (χ3v) is 20.4. The molecular formula is C80H74N2. The summed E-state index contributed by atoms with van der Waals surface area (Å²) < 4.78 is 0. The normalized spacial score (nSPS) is 16.6. The van der Waals surface area contributed by atoms with Crippen LogP contribution in [0.1, 0.15) is 163 Å². The summed E-state index contributed by atoms with van der Waals surface area (Å²) in [5, 5.41) is 5.36. The summed E-state index contributed by atoms with van der Waals surface area (Å²) in [6.45, 7) is 28.9. The van der Waals surface area contributed by atoms with E-state index in [4.69, 9.17) is 0 Å². The molecule has 5 aliphatic carbocycles. The maximum absolute atomic E-state index is 2.58. The van der Waals surface area contributed by atoms with Crippen LogP contribution in [0, 0.1) is 0 Å². The van der Waals surface area contributed by atoms with Crippen molar-refractivity contribution in [2.75, 3.05) is 9.80 Å². The molecule has 0 spiro atoms. The molecule has 0 radical (unpaired) electrons. The lowest BCUT2D eigenvalue weighted by molar-refractivity contribution is 0.652. The Labute approximate surface area is 486 Å². The molecule has 0 aliphatic heterocycles. The monoisotopic (exact) mass is 1060 g/mol. The quantitative estimate of drug-likeness (QED) is 0.140. The highest BCUT2D eigenvalue weighted by Crippen LogP contribution is 2.59. The van der Waals surface area contributed by atoms with Crippen LogP contribution in [0.15, 0.2) is 200 Å². The highest BCUT2D eigenvalue weighted by molar-refractivity contribution is 6.09.